The summed E-state index contributed by atoms with van der Waals surface area (Å²) in [5, 5.41) is 19.9. The minimum atomic E-state index is -5.08. The third-order valence-corrected chi connectivity index (χ3v) is 5.23. The molecule has 2 aromatic carbocycles. The topological polar surface area (TPSA) is 107 Å². The van der Waals surface area contributed by atoms with Crippen molar-refractivity contribution in [3.8, 4) is 0 Å². The highest BCUT2D eigenvalue weighted by Gasteiger charge is 2.38. The summed E-state index contributed by atoms with van der Waals surface area (Å²) in [6, 6.07) is 11.6. The van der Waals surface area contributed by atoms with Crippen LogP contribution in [0.5, 0.6) is 0 Å². The van der Waals surface area contributed by atoms with Crippen molar-refractivity contribution < 1.29 is 37.8 Å². The second-order valence-electron chi connectivity index (χ2n) is 7.47. The maximum absolute atomic E-state index is 12.4. The molecule has 1 heterocycles. The maximum atomic E-state index is 12.4. The number of carboxylic acid groups (broad SMARTS) is 2. The van der Waals surface area contributed by atoms with Crippen molar-refractivity contribution in [1.82, 2.24) is 0 Å². The van der Waals surface area contributed by atoms with Crippen LogP contribution < -0.4 is 10.2 Å². The molecule has 7 nitrogen and oxygen atoms in total. The molecule has 178 valence electrons. The molecule has 0 atom stereocenters. The predicted octanol–water partition coefficient (Wildman–Crippen LogP) is 5.16. The Bertz CT molecular complexity index is 1000. The minimum absolute atomic E-state index is 0.0865. The first-order valence-electron chi connectivity index (χ1n) is 9.87. The highest BCUT2D eigenvalue weighted by molar-refractivity contribution is 6.30. The number of nitrogens with one attached hydrogen (secondary N) is 1. The number of anilines is 2. The van der Waals surface area contributed by atoms with E-state index in [0.29, 0.717) is 16.5 Å². The molecular weight excluding hydrogens is 465 g/mol. The van der Waals surface area contributed by atoms with Crippen molar-refractivity contribution >= 4 is 40.8 Å². The monoisotopic (exact) mass is 486 g/mol. The van der Waals surface area contributed by atoms with Gasteiger partial charge in [0.05, 0.1) is 11.3 Å². The Morgan fingerprint density at radius 3 is 2.06 bits per heavy atom. The molecular formula is C22H22ClF3N2O5. The van der Waals surface area contributed by atoms with E-state index in [-0.39, 0.29) is 17.2 Å². The van der Waals surface area contributed by atoms with E-state index >= 15 is 0 Å². The first-order valence-corrected chi connectivity index (χ1v) is 10.3. The number of hydrogen-bond donors (Lipinski definition) is 3. The molecule has 1 aliphatic heterocycles. The van der Waals surface area contributed by atoms with E-state index in [0.717, 1.165) is 31.6 Å². The zero-order chi connectivity index (χ0) is 24.8. The van der Waals surface area contributed by atoms with Crippen molar-refractivity contribution in [3.63, 3.8) is 0 Å². The number of aliphatic carboxylic acids is 1. The highest BCUT2D eigenvalue weighted by atomic mass is 35.5. The smallest absolute Gasteiger partial charge is 0.478 e. The van der Waals surface area contributed by atoms with Crippen LogP contribution >= 0.6 is 11.6 Å². The number of aromatic carboxylic acids is 1. The van der Waals surface area contributed by atoms with Crippen LogP contribution in [0.25, 0.3) is 0 Å². The molecule has 0 bridgehead atoms. The van der Waals surface area contributed by atoms with Crippen LogP contribution in [0.3, 0.4) is 0 Å². The van der Waals surface area contributed by atoms with Gasteiger partial charge in [0.1, 0.15) is 0 Å². The fourth-order valence-electron chi connectivity index (χ4n) is 3.08. The summed E-state index contributed by atoms with van der Waals surface area (Å²) in [6.45, 7) is 4.06. The molecule has 11 heteroatoms. The Hall–Kier alpha value is -3.27. The molecule has 0 aliphatic carbocycles. The largest absolute Gasteiger partial charge is 0.490 e. The van der Waals surface area contributed by atoms with Crippen molar-refractivity contribution in [1.29, 1.82) is 0 Å². The number of benzene rings is 2. The number of carboxylic acids is 2. The van der Waals surface area contributed by atoms with E-state index in [2.05, 4.69) is 17.1 Å². The van der Waals surface area contributed by atoms with Crippen molar-refractivity contribution in [2.45, 2.75) is 25.9 Å². The van der Waals surface area contributed by atoms with Gasteiger partial charge in [-0.15, -0.1) is 0 Å². The van der Waals surface area contributed by atoms with Crippen LogP contribution in [0.1, 0.15) is 40.5 Å². The summed E-state index contributed by atoms with van der Waals surface area (Å²) in [5.74, 6) is -3.50. The van der Waals surface area contributed by atoms with E-state index in [9.17, 15) is 27.9 Å². The molecule has 0 unspecified atom stereocenters. The van der Waals surface area contributed by atoms with Crippen LogP contribution in [-0.4, -0.2) is 47.3 Å². The second kappa shape index (κ2) is 11.0. The van der Waals surface area contributed by atoms with Gasteiger partial charge in [0.15, 0.2) is 0 Å². The zero-order valence-corrected chi connectivity index (χ0v) is 18.3. The SMILES string of the molecule is CC1CCN(c2ccc(NC(=O)c3ccc(Cl)cc3)c(C(=O)O)c2)CC1.O=C(O)C(F)(F)F. The van der Waals surface area contributed by atoms with Gasteiger partial charge in [-0.3, -0.25) is 4.79 Å². The molecule has 3 N–H and O–H groups in total. The molecule has 0 spiro atoms. The summed E-state index contributed by atoms with van der Waals surface area (Å²) in [6.07, 6.45) is -2.89. The molecule has 3 rings (SSSR count). The van der Waals surface area contributed by atoms with Crippen LogP contribution in [0.2, 0.25) is 5.02 Å². The Kier molecular flexibility index (Phi) is 8.69. The number of piperidine rings is 1. The normalized spacial score (nSPS) is 14.2. The first-order chi connectivity index (χ1) is 15.4. The second-order valence-corrected chi connectivity index (χ2v) is 7.90. The predicted molar refractivity (Wildman–Crippen MR) is 117 cm³/mol. The highest BCUT2D eigenvalue weighted by Crippen LogP contribution is 2.28. The molecule has 1 amide bonds. The Morgan fingerprint density at radius 2 is 1.58 bits per heavy atom. The van der Waals surface area contributed by atoms with Gasteiger partial charge in [-0.1, -0.05) is 18.5 Å². The zero-order valence-electron chi connectivity index (χ0n) is 17.5. The van der Waals surface area contributed by atoms with Gasteiger partial charge in [0.2, 0.25) is 0 Å². The first kappa shape index (κ1) is 26.0. The van der Waals surface area contributed by atoms with Crippen LogP contribution in [0.4, 0.5) is 24.5 Å². The number of amides is 1. The summed E-state index contributed by atoms with van der Waals surface area (Å²) >= 11 is 5.83. The van der Waals surface area contributed by atoms with Gasteiger partial charge in [-0.2, -0.15) is 13.2 Å². The molecule has 1 saturated heterocycles. The quantitative estimate of drug-likeness (QED) is 0.551. The third-order valence-electron chi connectivity index (χ3n) is 4.98. The Balaban J connectivity index is 0.000000479. The summed E-state index contributed by atoms with van der Waals surface area (Å²) in [4.78, 5) is 35.1. The fraction of sp³-hybridized carbons (Fsp3) is 0.318. The molecule has 33 heavy (non-hydrogen) atoms. The lowest BCUT2D eigenvalue weighted by Crippen LogP contribution is -2.32. The van der Waals surface area contributed by atoms with Gasteiger partial charge in [0.25, 0.3) is 5.91 Å². The fourth-order valence-corrected chi connectivity index (χ4v) is 3.20. The van der Waals surface area contributed by atoms with Crippen molar-refractivity contribution in [3.05, 3.63) is 58.6 Å². The van der Waals surface area contributed by atoms with Crippen LogP contribution in [0.15, 0.2) is 42.5 Å². The number of halogens is 4. The average Bonchev–Trinajstić information content (AvgIpc) is 2.74. The van der Waals surface area contributed by atoms with E-state index in [4.69, 9.17) is 21.5 Å². The van der Waals surface area contributed by atoms with E-state index in [1.54, 1.807) is 36.4 Å². The lowest BCUT2D eigenvalue weighted by atomic mass is 9.98. The molecule has 0 aromatic heterocycles. The molecule has 2 aromatic rings. The molecule has 1 aliphatic rings. The molecule has 1 fully saturated rings. The van der Waals surface area contributed by atoms with Gasteiger partial charge < -0.3 is 20.4 Å². The third kappa shape index (κ3) is 7.67. The van der Waals surface area contributed by atoms with Crippen molar-refractivity contribution in [2.75, 3.05) is 23.3 Å². The van der Waals surface area contributed by atoms with E-state index in [1.165, 1.54) is 0 Å². The lowest BCUT2D eigenvalue weighted by molar-refractivity contribution is -0.192. The van der Waals surface area contributed by atoms with Crippen LogP contribution in [0, 0.1) is 5.92 Å². The van der Waals surface area contributed by atoms with Crippen molar-refractivity contribution in [2.24, 2.45) is 5.92 Å². The lowest BCUT2D eigenvalue weighted by Gasteiger charge is -2.32. The number of rotatable bonds is 4. The number of carbonyl (C=O) groups excluding carboxylic acids is 1. The standard InChI is InChI=1S/C20H21ClN2O3.C2HF3O2/c1-13-8-10-23(11-9-13)16-6-7-18(17(12-16)20(25)26)22-19(24)14-2-4-15(21)5-3-14;3-2(4,5)1(6)7/h2-7,12-13H,8-11H2,1H3,(H,22,24)(H,25,26);(H,6,7). The van der Waals surface area contributed by atoms with Gasteiger partial charge in [-0.25, -0.2) is 9.59 Å². The average molecular weight is 487 g/mol. The Morgan fingerprint density at radius 1 is 1.03 bits per heavy atom. The summed E-state index contributed by atoms with van der Waals surface area (Å²) < 4.78 is 31.7. The number of hydrogen-bond acceptors (Lipinski definition) is 4. The van der Waals surface area contributed by atoms with E-state index in [1.807, 2.05) is 6.07 Å². The molecule has 0 saturated carbocycles. The number of nitrogens with zero attached hydrogens (tertiary/aromatic N) is 1. The number of alkyl halides is 3. The van der Waals surface area contributed by atoms with Gasteiger partial charge in [0, 0.05) is 29.4 Å². The Labute approximate surface area is 192 Å². The summed E-state index contributed by atoms with van der Waals surface area (Å²) in [7, 11) is 0. The molecule has 0 radical (unpaired) electrons. The van der Waals surface area contributed by atoms with Crippen LogP contribution in [-0.2, 0) is 4.79 Å². The van der Waals surface area contributed by atoms with E-state index < -0.39 is 18.1 Å². The number of carbonyl (C=O) groups is 3. The van der Waals surface area contributed by atoms with Gasteiger partial charge >= 0.3 is 18.1 Å². The summed E-state index contributed by atoms with van der Waals surface area (Å²) in [5.41, 5.74) is 1.66. The minimum Gasteiger partial charge on any atom is -0.478 e. The van der Waals surface area contributed by atoms with Gasteiger partial charge in [-0.05, 0) is 61.2 Å². The maximum Gasteiger partial charge on any atom is 0.490 e.